The van der Waals surface area contributed by atoms with Gasteiger partial charge in [-0.3, -0.25) is 0 Å². The van der Waals surface area contributed by atoms with E-state index in [1.165, 1.54) is 12.7 Å². The van der Waals surface area contributed by atoms with Crippen LogP contribution in [0.3, 0.4) is 0 Å². The number of methoxy groups -OCH3 is 1. The van der Waals surface area contributed by atoms with Crippen molar-refractivity contribution in [2.75, 3.05) is 12.4 Å². The fourth-order valence-electron chi connectivity index (χ4n) is 1.79. The van der Waals surface area contributed by atoms with E-state index in [4.69, 9.17) is 4.74 Å². The molecule has 2 aromatic rings. The zero-order chi connectivity index (χ0) is 13.8. The molecule has 5 heteroatoms. The molecule has 0 aliphatic rings. The van der Waals surface area contributed by atoms with Gasteiger partial charge < -0.3 is 10.1 Å². The van der Waals surface area contributed by atoms with Crippen LogP contribution < -0.4 is 5.32 Å². The molecule has 2 rings (SSSR count). The summed E-state index contributed by atoms with van der Waals surface area (Å²) in [7, 11) is 1.39. The zero-order valence-electron chi connectivity index (χ0n) is 10.7. The van der Waals surface area contributed by atoms with Crippen LogP contribution in [0.4, 0.5) is 5.69 Å². The lowest BCUT2D eigenvalue weighted by Gasteiger charge is -2.11. The molecule has 0 spiro atoms. The van der Waals surface area contributed by atoms with Crippen LogP contribution in [0.25, 0.3) is 0 Å². The van der Waals surface area contributed by atoms with Gasteiger partial charge in [0, 0.05) is 12.2 Å². The monoisotopic (exact) mass is 339 g/mol. The van der Waals surface area contributed by atoms with Gasteiger partial charge in [0.25, 0.3) is 0 Å². The van der Waals surface area contributed by atoms with Gasteiger partial charge in [0.15, 0.2) is 0 Å². The molecule has 0 bridgehead atoms. The maximum atomic E-state index is 11.6. The van der Waals surface area contributed by atoms with Crippen molar-refractivity contribution < 1.29 is 9.53 Å². The van der Waals surface area contributed by atoms with Crippen LogP contribution in [0.5, 0.6) is 0 Å². The van der Waals surface area contributed by atoms with E-state index in [1.54, 1.807) is 17.4 Å². The Balaban J connectivity index is 2.14. The first-order valence-corrected chi connectivity index (χ1v) is 7.44. The van der Waals surface area contributed by atoms with Crippen LogP contribution in [-0.4, -0.2) is 13.1 Å². The Hall–Kier alpha value is -1.33. The Morgan fingerprint density at radius 2 is 2.26 bits per heavy atom. The molecule has 0 aliphatic heterocycles. The quantitative estimate of drug-likeness (QED) is 0.847. The molecular formula is C14H14BrNO2S. The van der Waals surface area contributed by atoms with Crippen molar-refractivity contribution in [3.63, 3.8) is 0 Å². The third-order valence-corrected chi connectivity index (χ3v) is 4.40. The Labute approximate surface area is 124 Å². The molecule has 3 nitrogen and oxygen atoms in total. The molecular weight excluding hydrogens is 326 g/mol. The van der Waals surface area contributed by atoms with Gasteiger partial charge in [-0.2, -0.15) is 0 Å². The zero-order valence-corrected chi connectivity index (χ0v) is 13.1. The third kappa shape index (κ3) is 3.36. The Kier molecular flexibility index (Phi) is 4.61. The van der Waals surface area contributed by atoms with Crippen LogP contribution in [0.15, 0.2) is 33.4 Å². The Morgan fingerprint density at radius 1 is 1.47 bits per heavy atom. The summed E-state index contributed by atoms with van der Waals surface area (Å²) in [5, 5.41) is 5.43. The van der Waals surface area contributed by atoms with Crippen LogP contribution >= 0.6 is 27.3 Å². The maximum absolute atomic E-state index is 11.6. The molecule has 0 aliphatic carbocycles. The Bertz CT molecular complexity index is 595. The van der Waals surface area contributed by atoms with Crippen molar-refractivity contribution in [2.45, 2.75) is 13.5 Å². The molecule has 0 unspecified atom stereocenters. The van der Waals surface area contributed by atoms with Crippen LogP contribution in [0.2, 0.25) is 0 Å². The summed E-state index contributed by atoms with van der Waals surface area (Å²) in [5.41, 5.74) is 3.66. The van der Waals surface area contributed by atoms with Gasteiger partial charge in [-0.1, -0.05) is 6.07 Å². The largest absolute Gasteiger partial charge is 0.465 e. The van der Waals surface area contributed by atoms with Crippen LogP contribution in [-0.2, 0) is 11.3 Å². The average molecular weight is 340 g/mol. The summed E-state index contributed by atoms with van der Waals surface area (Å²) in [4.78, 5) is 11.6. The first-order valence-electron chi connectivity index (χ1n) is 5.76. The number of rotatable bonds is 4. The predicted molar refractivity (Wildman–Crippen MR) is 81.9 cm³/mol. The number of hydrogen-bond acceptors (Lipinski definition) is 4. The van der Waals surface area contributed by atoms with E-state index in [0.29, 0.717) is 5.56 Å². The molecule has 1 aromatic heterocycles. The van der Waals surface area contributed by atoms with Gasteiger partial charge in [0.1, 0.15) is 0 Å². The van der Waals surface area contributed by atoms with Gasteiger partial charge in [-0.25, -0.2) is 4.79 Å². The molecule has 0 saturated heterocycles. The lowest BCUT2D eigenvalue weighted by molar-refractivity contribution is 0.0600. The summed E-state index contributed by atoms with van der Waals surface area (Å²) in [5.74, 6) is -0.306. The van der Waals surface area contributed by atoms with E-state index < -0.39 is 0 Å². The van der Waals surface area contributed by atoms with E-state index in [-0.39, 0.29) is 5.97 Å². The molecule has 1 heterocycles. The lowest BCUT2D eigenvalue weighted by atomic mass is 10.1. The summed E-state index contributed by atoms with van der Waals surface area (Å²) < 4.78 is 5.88. The highest BCUT2D eigenvalue weighted by Gasteiger charge is 2.11. The summed E-state index contributed by atoms with van der Waals surface area (Å²) >= 11 is 5.10. The number of carbonyl (C=O) groups is 1. The molecule has 1 aromatic carbocycles. The van der Waals surface area contributed by atoms with E-state index in [9.17, 15) is 4.79 Å². The summed E-state index contributed by atoms with van der Waals surface area (Å²) in [6, 6.07) is 7.67. The van der Waals surface area contributed by atoms with E-state index >= 15 is 0 Å². The minimum absolute atomic E-state index is 0.306. The number of hydrogen-bond donors (Lipinski definition) is 1. The van der Waals surface area contributed by atoms with Gasteiger partial charge in [-0.15, -0.1) is 11.3 Å². The highest BCUT2D eigenvalue weighted by Crippen LogP contribution is 2.23. The summed E-state index contributed by atoms with van der Waals surface area (Å²) in [6.07, 6.45) is 0. The molecule has 0 radical (unpaired) electrons. The van der Waals surface area contributed by atoms with E-state index in [0.717, 1.165) is 21.6 Å². The molecule has 100 valence electrons. The van der Waals surface area contributed by atoms with Gasteiger partial charge >= 0.3 is 5.97 Å². The molecule has 0 amide bonds. The van der Waals surface area contributed by atoms with Crippen molar-refractivity contribution in [3.05, 3.63) is 50.1 Å². The second kappa shape index (κ2) is 6.21. The normalized spacial score (nSPS) is 10.3. The van der Waals surface area contributed by atoms with Crippen molar-refractivity contribution in [2.24, 2.45) is 0 Å². The fourth-order valence-corrected chi connectivity index (χ4v) is 3.00. The van der Waals surface area contributed by atoms with E-state index in [2.05, 4.69) is 32.7 Å². The molecule has 0 atom stereocenters. The van der Waals surface area contributed by atoms with Crippen molar-refractivity contribution >= 4 is 38.9 Å². The standard InChI is InChI=1S/C14H14BrNO2S/c1-9-11(14(17)18-2)4-3-5-12(9)16-7-10-6-13(15)19-8-10/h3-6,8,16H,7H2,1-2H3. The van der Waals surface area contributed by atoms with Gasteiger partial charge in [0.05, 0.1) is 16.5 Å². The lowest BCUT2D eigenvalue weighted by Crippen LogP contribution is -2.07. The summed E-state index contributed by atoms with van der Waals surface area (Å²) in [6.45, 7) is 2.64. The SMILES string of the molecule is COC(=O)c1cccc(NCc2csc(Br)c2)c1C. The van der Waals surface area contributed by atoms with Gasteiger partial charge in [0.2, 0.25) is 0 Å². The van der Waals surface area contributed by atoms with Gasteiger partial charge in [-0.05, 0) is 57.6 Å². The number of ether oxygens (including phenoxy) is 1. The van der Waals surface area contributed by atoms with Crippen LogP contribution in [0.1, 0.15) is 21.5 Å². The number of halogens is 1. The molecule has 1 N–H and O–H groups in total. The molecule has 0 fully saturated rings. The first kappa shape index (κ1) is 14.1. The number of benzene rings is 1. The fraction of sp³-hybridized carbons (Fsp3) is 0.214. The third-order valence-electron chi connectivity index (χ3n) is 2.84. The molecule has 0 saturated carbocycles. The highest BCUT2D eigenvalue weighted by atomic mass is 79.9. The molecule has 19 heavy (non-hydrogen) atoms. The van der Waals surface area contributed by atoms with Crippen LogP contribution in [0, 0.1) is 6.92 Å². The second-order valence-corrected chi connectivity index (χ2v) is 6.37. The topological polar surface area (TPSA) is 38.3 Å². The highest BCUT2D eigenvalue weighted by molar-refractivity contribution is 9.11. The number of carbonyl (C=O) groups excluding carboxylic acids is 1. The first-order chi connectivity index (χ1) is 9.11. The van der Waals surface area contributed by atoms with Crippen molar-refractivity contribution in [1.82, 2.24) is 0 Å². The number of thiophene rings is 1. The number of esters is 1. The second-order valence-electron chi connectivity index (χ2n) is 4.08. The minimum atomic E-state index is -0.306. The number of anilines is 1. The average Bonchev–Trinajstić information content (AvgIpc) is 2.82. The number of nitrogens with one attached hydrogen (secondary N) is 1. The minimum Gasteiger partial charge on any atom is -0.465 e. The van der Waals surface area contributed by atoms with Crippen molar-refractivity contribution in [3.8, 4) is 0 Å². The smallest absolute Gasteiger partial charge is 0.338 e. The Morgan fingerprint density at radius 3 is 2.89 bits per heavy atom. The maximum Gasteiger partial charge on any atom is 0.338 e. The predicted octanol–water partition coefficient (Wildman–Crippen LogP) is 4.22. The van der Waals surface area contributed by atoms with E-state index in [1.807, 2.05) is 19.1 Å². The van der Waals surface area contributed by atoms with Crippen molar-refractivity contribution in [1.29, 1.82) is 0 Å².